The molecule has 0 bridgehead atoms. The first-order valence-electron chi connectivity index (χ1n) is 6.22. The van der Waals surface area contributed by atoms with Gasteiger partial charge < -0.3 is 14.7 Å². The van der Waals surface area contributed by atoms with Crippen LogP contribution in [0.1, 0.15) is 40.5 Å². The fourth-order valence-corrected chi connectivity index (χ4v) is 2.75. The molecule has 0 aromatic carbocycles. The van der Waals surface area contributed by atoms with Gasteiger partial charge in [0.2, 0.25) is 0 Å². The molecule has 1 saturated carbocycles. The molecule has 2 unspecified atom stereocenters. The van der Waals surface area contributed by atoms with Crippen molar-refractivity contribution in [2.45, 2.75) is 58.3 Å². The van der Waals surface area contributed by atoms with Crippen molar-refractivity contribution in [1.29, 1.82) is 0 Å². The zero-order valence-corrected chi connectivity index (χ0v) is 11.6. The number of nitrogens with zero attached hydrogens (tertiary/aromatic N) is 1. The van der Waals surface area contributed by atoms with Gasteiger partial charge in [-0.3, -0.25) is 0 Å². The highest BCUT2D eigenvalue weighted by Gasteiger charge is 2.58. The summed E-state index contributed by atoms with van der Waals surface area (Å²) in [4.78, 5) is 2.27. The van der Waals surface area contributed by atoms with Crippen LogP contribution in [0.4, 0.5) is 0 Å². The van der Waals surface area contributed by atoms with E-state index in [1.807, 2.05) is 6.92 Å². The zero-order valence-electron chi connectivity index (χ0n) is 11.6. The lowest BCUT2D eigenvalue weighted by atomic mass is 9.55. The van der Waals surface area contributed by atoms with Gasteiger partial charge in [0.05, 0.1) is 11.7 Å². The smallest absolute Gasteiger partial charge is 0.0731 e. The topological polar surface area (TPSA) is 32.7 Å². The Kier molecular flexibility index (Phi) is 4.04. The average Bonchev–Trinajstić information content (AvgIpc) is 2.24. The molecule has 0 aliphatic heterocycles. The van der Waals surface area contributed by atoms with Gasteiger partial charge >= 0.3 is 0 Å². The van der Waals surface area contributed by atoms with Crippen LogP contribution < -0.4 is 0 Å². The van der Waals surface area contributed by atoms with Crippen LogP contribution in [0.15, 0.2) is 0 Å². The van der Waals surface area contributed by atoms with Crippen LogP contribution in [0.5, 0.6) is 0 Å². The Morgan fingerprint density at radius 3 is 2.38 bits per heavy atom. The van der Waals surface area contributed by atoms with Gasteiger partial charge in [0.25, 0.3) is 0 Å². The molecule has 0 amide bonds. The molecule has 0 saturated heterocycles. The van der Waals surface area contributed by atoms with Crippen LogP contribution in [0.2, 0.25) is 0 Å². The van der Waals surface area contributed by atoms with Crippen LogP contribution in [0.3, 0.4) is 0 Å². The predicted molar refractivity (Wildman–Crippen MR) is 66.5 cm³/mol. The molecule has 16 heavy (non-hydrogen) atoms. The number of ether oxygens (including phenoxy) is 1. The molecule has 1 N–H and O–H groups in total. The molecular formula is C13H27NO2. The summed E-state index contributed by atoms with van der Waals surface area (Å²) in [6, 6.07) is 0.499. The van der Waals surface area contributed by atoms with E-state index >= 15 is 0 Å². The quantitative estimate of drug-likeness (QED) is 0.781. The molecule has 3 atom stereocenters. The Balaban J connectivity index is 2.59. The van der Waals surface area contributed by atoms with Gasteiger partial charge in [0.1, 0.15) is 0 Å². The monoisotopic (exact) mass is 229 g/mol. The predicted octanol–water partition coefficient (Wildman–Crippen LogP) is 1.89. The van der Waals surface area contributed by atoms with Crippen LogP contribution >= 0.6 is 0 Å². The van der Waals surface area contributed by atoms with E-state index in [1.165, 1.54) is 0 Å². The SMILES string of the molecule is CC[C@@H](O)CN(C)C1CC(C)(OC)C1(C)C. The van der Waals surface area contributed by atoms with Crippen molar-refractivity contribution in [3.8, 4) is 0 Å². The van der Waals surface area contributed by atoms with E-state index in [0.29, 0.717) is 6.04 Å². The van der Waals surface area contributed by atoms with Crippen LogP contribution in [-0.2, 0) is 4.74 Å². The molecule has 0 aromatic rings. The van der Waals surface area contributed by atoms with Gasteiger partial charge in [0, 0.05) is 25.1 Å². The summed E-state index contributed by atoms with van der Waals surface area (Å²) in [6.07, 6.45) is 1.65. The minimum absolute atomic E-state index is 0.0247. The maximum atomic E-state index is 9.68. The van der Waals surface area contributed by atoms with Crippen molar-refractivity contribution in [3.05, 3.63) is 0 Å². The largest absolute Gasteiger partial charge is 0.392 e. The average molecular weight is 229 g/mol. The second kappa shape index (κ2) is 4.63. The van der Waals surface area contributed by atoms with E-state index < -0.39 is 0 Å². The van der Waals surface area contributed by atoms with Gasteiger partial charge in [-0.1, -0.05) is 20.8 Å². The van der Waals surface area contributed by atoms with Gasteiger partial charge in [-0.25, -0.2) is 0 Å². The number of aliphatic hydroxyl groups excluding tert-OH is 1. The Labute approximate surface area is 99.8 Å². The van der Waals surface area contributed by atoms with Crippen molar-refractivity contribution in [2.24, 2.45) is 5.41 Å². The summed E-state index contributed by atoms with van der Waals surface area (Å²) in [7, 11) is 3.89. The summed E-state index contributed by atoms with van der Waals surface area (Å²) in [5, 5.41) is 9.68. The summed E-state index contributed by atoms with van der Waals surface area (Å²) in [6.45, 7) is 9.45. The molecule has 3 nitrogen and oxygen atoms in total. The number of hydrogen-bond acceptors (Lipinski definition) is 3. The van der Waals surface area contributed by atoms with Gasteiger partial charge in [0.15, 0.2) is 0 Å². The zero-order chi connectivity index (χ0) is 12.6. The lowest BCUT2D eigenvalue weighted by Gasteiger charge is -2.61. The van der Waals surface area contributed by atoms with E-state index in [0.717, 1.165) is 19.4 Å². The number of likely N-dealkylation sites (N-methyl/N-ethyl adjacent to an activating group) is 1. The van der Waals surface area contributed by atoms with E-state index in [1.54, 1.807) is 7.11 Å². The molecule has 96 valence electrons. The summed E-state index contributed by atoms with van der Waals surface area (Å²) in [5.74, 6) is 0. The molecule has 3 heteroatoms. The molecule has 0 aromatic heterocycles. The number of hydrogen-bond donors (Lipinski definition) is 1. The summed E-state index contributed by atoms with van der Waals surface area (Å²) in [5.41, 5.74) is 0.118. The molecule has 0 spiro atoms. The third kappa shape index (κ3) is 2.13. The Morgan fingerprint density at radius 2 is 2.00 bits per heavy atom. The van der Waals surface area contributed by atoms with E-state index in [-0.39, 0.29) is 17.1 Å². The van der Waals surface area contributed by atoms with Crippen molar-refractivity contribution >= 4 is 0 Å². The third-order valence-electron chi connectivity index (χ3n) is 4.73. The highest BCUT2D eigenvalue weighted by atomic mass is 16.5. The second-order valence-corrected chi connectivity index (χ2v) is 5.88. The van der Waals surface area contributed by atoms with Crippen molar-refractivity contribution < 1.29 is 9.84 Å². The Morgan fingerprint density at radius 1 is 1.44 bits per heavy atom. The molecule has 0 heterocycles. The fourth-order valence-electron chi connectivity index (χ4n) is 2.75. The second-order valence-electron chi connectivity index (χ2n) is 5.88. The molecule has 1 rings (SSSR count). The van der Waals surface area contributed by atoms with E-state index in [9.17, 15) is 5.11 Å². The number of methoxy groups -OCH3 is 1. The summed E-state index contributed by atoms with van der Waals surface area (Å²) >= 11 is 0. The number of rotatable bonds is 5. The van der Waals surface area contributed by atoms with Crippen molar-refractivity contribution in [1.82, 2.24) is 4.90 Å². The first-order valence-corrected chi connectivity index (χ1v) is 6.22. The van der Waals surface area contributed by atoms with Crippen LogP contribution in [0, 0.1) is 5.41 Å². The fraction of sp³-hybridized carbons (Fsp3) is 1.00. The van der Waals surface area contributed by atoms with Gasteiger partial charge in [-0.05, 0) is 26.8 Å². The number of aliphatic hydroxyl groups is 1. The van der Waals surface area contributed by atoms with Gasteiger partial charge in [-0.15, -0.1) is 0 Å². The van der Waals surface area contributed by atoms with Crippen molar-refractivity contribution in [2.75, 3.05) is 20.7 Å². The standard InChI is InChI=1S/C13H27NO2/c1-7-10(15)9-14(5)11-8-13(4,16-6)12(11,2)3/h10-11,15H,7-9H2,1-6H3/t10-,11?,13?/m1/s1. The normalized spacial score (nSPS) is 34.9. The van der Waals surface area contributed by atoms with Crippen molar-refractivity contribution in [3.63, 3.8) is 0 Å². The third-order valence-corrected chi connectivity index (χ3v) is 4.73. The Hall–Kier alpha value is -0.120. The molecular weight excluding hydrogens is 202 g/mol. The van der Waals surface area contributed by atoms with Crippen LogP contribution in [0.25, 0.3) is 0 Å². The highest BCUT2D eigenvalue weighted by Crippen LogP contribution is 2.53. The maximum Gasteiger partial charge on any atom is 0.0731 e. The first-order chi connectivity index (χ1) is 7.28. The minimum Gasteiger partial charge on any atom is -0.392 e. The van der Waals surface area contributed by atoms with Crippen LogP contribution in [-0.4, -0.2) is 48.5 Å². The Bertz CT molecular complexity index is 242. The maximum absolute atomic E-state index is 9.68. The molecule has 1 aliphatic rings. The van der Waals surface area contributed by atoms with Gasteiger partial charge in [-0.2, -0.15) is 0 Å². The minimum atomic E-state index is -0.213. The lowest BCUT2D eigenvalue weighted by molar-refractivity contribution is -0.208. The molecule has 1 fully saturated rings. The lowest BCUT2D eigenvalue weighted by Crippen LogP contribution is -2.68. The first kappa shape index (κ1) is 13.9. The van der Waals surface area contributed by atoms with E-state index in [2.05, 4.69) is 32.7 Å². The molecule has 1 aliphatic carbocycles. The van der Waals surface area contributed by atoms with E-state index in [4.69, 9.17) is 4.74 Å². The highest BCUT2D eigenvalue weighted by molar-refractivity contribution is 5.11. The summed E-state index contributed by atoms with van der Waals surface area (Å²) < 4.78 is 5.61. The molecule has 0 radical (unpaired) electrons.